The summed E-state index contributed by atoms with van der Waals surface area (Å²) in [5.41, 5.74) is 1.35. The second kappa shape index (κ2) is 6.90. The van der Waals surface area contributed by atoms with Gasteiger partial charge in [-0.15, -0.1) is 12.4 Å². The summed E-state index contributed by atoms with van der Waals surface area (Å²) in [4.78, 5) is 14.8. The molecule has 3 nitrogen and oxygen atoms in total. The van der Waals surface area contributed by atoms with E-state index in [-0.39, 0.29) is 18.3 Å². The van der Waals surface area contributed by atoms with Gasteiger partial charge in [-0.2, -0.15) is 0 Å². The number of benzene rings is 2. The number of fused-ring (bicyclic) bond motifs is 1. The van der Waals surface area contributed by atoms with Gasteiger partial charge in [-0.3, -0.25) is 4.79 Å². The number of nitrogens with zero attached hydrogens (tertiary/aromatic N) is 1. The summed E-state index contributed by atoms with van der Waals surface area (Å²) in [7, 11) is 0. The standard InChI is InChI=1S/C19H22N2O.ClH/c22-19(21-11-4-9-20-10-12-21)18-13-17(18)16-8-3-6-14-5-1-2-7-15(14)16;/h1-3,5-8,17-18,20H,4,9-13H2;1H. The number of carbonyl (C=O) groups excluding carboxylic acids is 1. The zero-order valence-corrected chi connectivity index (χ0v) is 14.0. The van der Waals surface area contributed by atoms with Gasteiger partial charge < -0.3 is 10.2 Å². The molecule has 1 N–H and O–H groups in total. The maximum Gasteiger partial charge on any atom is 0.226 e. The molecule has 2 aromatic rings. The predicted molar refractivity (Wildman–Crippen MR) is 96.1 cm³/mol. The minimum atomic E-state index is 0. The van der Waals surface area contributed by atoms with E-state index in [1.54, 1.807) is 0 Å². The van der Waals surface area contributed by atoms with Crippen LogP contribution in [-0.2, 0) is 4.79 Å². The molecule has 2 aromatic carbocycles. The smallest absolute Gasteiger partial charge is 0.226 e. The summed E-state index contributed by atoms with van der Waals surface area (Å²) >= 11 is 0. The predicted octanol–water partition coefficient (Wildman–Crippen LogP) is 3.19. The Labute approximate surface area is 143 Å². The topological polar surface area (TPSA) is 32.3 Å². The molecular formula is C19H23ClN2O. The minimum Gasteiger partial charge on any atom is -0.341 e. The van der Waals surface area contributed by atoms with Gasteiger partial charge in [0.05, 0.1) is 0 Å². The Hall–Kier alpha value is -1.58. The van der Waals surface area contributed by atoms with Gasteiger partial charge in [-0.25, -0.2) is 0 Å². The highest BCUT2D eigenvalue weighted by Gasteiger charge is 2.46. The molecule has 1 saturated carbocycles. The first kappa shape index (κ1) is 16.3. The molecule has 2 atom stereocenters. The molecule has 23 heavy (non-hydrogen) atoms. The zero-order valence-electron chi connectivity index (χ0n) is 13.2. The van der Waals surface area contributed by atoms with Crippen molar-refractivity contribution in [3.63, 3.8) is 0 Å². The number of hydrogen-bond acceptors (Lipinski definition) is 2. The van der Waals surface area contributed by atoms with Gasteiger partial charge in [-0.1, -0.05) is 42.5 Å². The third-order valence-electron chi connectivity index (χ3n) is 4.98. The fourth-order valence-corrected chi connectivity index (χ4v) is 3.69. The molecule has 2 fully saturated rings. The number of amides is 1. The Bertz CT molecular complexity index is 689. The van der Waals surface area contributed by atoms with E-state index in [1.807, 2.05) is 0 Å². The van der Waals surface area contributed by atoms with Crippen LogP contribution in [0.15, 0.2) is 42.5 Å². The number of nitrogens with one attached hydrogen (secondary N) is 1. The highest BCUT2D eigenvalue weighted by Crippen LogP contribution is 2.50. The van der Waals surface area contributed by atoms with Crippen LogP contribution in [0.2, 0.25) is 0 Å². The fourth-order valence-electron chi connectivity index (χ4n) is 3.69. The van der Waals surface area contributed by atoms with E-state index in [9.17, 15) is 4.79 Å². The molecule has 0 spiro atoms. The molecule has 1 amide bonds. The van der Waals surface area contributed by atoms with Crippen LogP contribution in [-0.4, -0.2) is 37.0 Å². The van der Waals surface area contributed by atoms with Crippen molar-refractivity contribution in [3.05, 3.63) is 48.0 Å². The summed E-state index contributed by atoms with van der Waals surface area (Å²) in [6.07, 6.45) is 2.08. The second-order valence-electron chi connectivity index (χ2n) is 6.45. The van der Waals surface area contributed by atoms with Crippen molar-refractivity contribution in [2.45, 2.75) is 18.8 Å². The normalized spacial score (nSPS) is 23.9. The van der Waals surface area contributed by atoms with Crippen molar-refractivity contribution in [1.29, 1.82) is 0 Å². The Balaban J connectivity index is 0.00000156. The molecule has 0 aromatic heterocycles. The van der Waals surface area contributed by atoms with Crippen LogP contribution < -0.4 is 5.32 Å². The van der Waals surface area contributed by atoms with Gasteiger partial charge in [0, 0.05) is 25.6 Å². The van der Waals surface area contributed by atoms with Crippen molar-refractivity contribution < 1.29 is 4.79 Å². The molecule has 0 bridgehead atoms. The molecule has 122 valence electrons. The lowest BCUT2D eigenvalue weighted by Gasteiger charge is -2.20. The highest BCUT2D eigenvalue weighted by molar-refractivity contribution is 5.89. The monoisotopic (exact) mass is 330 g/mol. The fraction of sp³-hybridized carbons (Fsp3) is 0.421. The lowest BCUT2D eigenvalue weighted by molar-refractivity contribution is -0.132. The molecule has 1 aliphatic heterocycles. The molecule has 2 aliphatic rings. The molecule has 1 heterocycles. The van der Waals surface area contributed by atoms with Gasteiger partial charge in [0.1, 0.15) is 0 Å². The van der Waals surface area contributed by atoms with E-state index in [0.29, 0.717) is 11.8 Å². The van der Waals surface area contributed by atoms with Crippen molar-refractivity contribution >= 4 is 29.1 Å². The largest absolute Gasteiger partial charge is 0.341 e. The lowest BCUT2D eigenvalue weighted by atomic mass is 10.00. The van der Waals surface area contributed by atoms with Crippen LogP contribution in [0, 0.1) is 5.92 Å². The van der Waals surface area contributed by atoms with E-state index in [1.165, 1.54) is 16.3 Å². The van der Waals surface area contributed by atoms with Crippen molar-refractivity contribution in [1.82, 2.24) is 10.2 Å². The zero-order chi connectivity index (χ0) is 14.9. The Morgan fingerprint density at radius 3 is 2.78 bits per heavy atom. The average molecular weight is 331 g/mol. The van der Waals surface area contributed by atoms with Gasteiger partial charge in [0.15, 0.2) is 0 Å². The SMILES string of the molecule is Cl.O=C(C1CC1c1cccc2ccccc12)N1CCCNCC1. The molecule has 1 aliphatic carbocycles. The Kier molecular flexibility index (Phi) is 4.88. The van der Waals surface area contributed by atoms with Crippen molar-refractivity contribution in [2.75, 3.05) is 26.2 Å². The molecule has 2 unspecified atom stereocenters. The first-order chi connectivity index (χ1) is 10.8. The first-order valence-electron chi connectivity index (χ1n) is 8.32. The van der Waals surface area contributed by atoms with E-state index in [0.717, 1.165) is 39.0 Å². The van der Waals surface area contributed by atoms with Gasteiger partial charge in [0.25, 0.3) is 0 Å². The minimum absolute atomic E-state index is 0. The summed E-state index contributed by atoms with van der Waals surface area (Å²) < 4.78 is 0. The number of rotatable bonds is 2. The maximum absolute atomic E-state index is 12.7. The van der Waals surface area contributed by atoms with E-state index in [4.69, 9.17) is 0 Å². The lowest BCUT2D eigenvalue weighted by Crippen LogP contribution is -2.35. The van der Waals surface area contributed by atoms with Crippen LogP contribution in [0.3, 0.4) is 0 Å². The molecular weight excluding hydrogens is 308 g/mol. The van der Waals surface area contributed by atoms with Gasteiger partial charge >= 0.3 is 0 Å². The summed E-state index contributed by atoms with van der Waals surface area (Å²) in [5, 5.41) is 5.95. The van der Waals surface area contributed by atoms with Crippen molar-refractivity contribution in [2.24, 2.45) is 5.92 Å². The summed E-state index contributed by atoms with van der Waals surface area (Å²) in [5.74, 6) is 0.973. The number of halogens is 1. The molecule has 1 saturated heterocycles. The quantitative estimate of drug-likeness (QED) is 0.917. The van der Waals surface area contributed by atoms with Crippen LogP contribution in [0.4, 0.5) is 0 Å². The van der Waals surface area contributed by atoms with Gasteiger partial charge in [0.2, 0.25) is 5.91 Å². The Morgan fingerprint density at radius 2 is 1.87 bits per heavy atom. The summed E-state index contributed by atoms with van der Waals surface area (Å²) in [6, 6.07) is 15.0. The van der Waals surface area contributed by atoms with Crippen LogP contribution >= 0.6 is 12.4 Å². The highest BCUT2D eigenvalue weighted by atomic mass is 35.5. The van der Waals surface area contributed by atoms with Crippen LogP contribution in [0.1, 0.15) is 24.3 Å². The van der Waals surface area contributed by atoms with E-state index >= 15 is 0 Å². The number of carbonyl (C=O) groups is 1. The molecule has 4 heteroatoms. The first-order valence-corrected chi connectivity index (χ1v) is 8.32. The van der Waals surface area contributed by atoms with E-state index < -0.39 is 0 Å². The van der Waals surface area contributed by atoms with Crippen LogP contribution in [0.25, 0.3) is 10.8 Å². The second-order valence-corrected chi connectivity index (χ2v) is 6.45. The third-order valence-corrected chi connectivity index (χ3v) is 4.98. The average Bonchev–Trinajstić information content (AvgIpc) is 3.37. The maximum atomic E-state index is 12.7. The molecule has 4 rings (SSSR count). The Morgan fingerprint density at radius 1 is 1.04 bits per heavy atom. The van der Waals surface area contributed by atoms with Gasteiger partial charge in [-0.05, 0) is 41.6 Å². The molecule has 0 radical (unpaired) electrons. The third kappa shape index (κ3) is 3.22. The van der Waals surface area contributed by atoms with E-state index in [2.05, 4.69) is 52.7 Å². The van der Waals surface area contributed by atoms with Crippen molar-refractivity contribution in [3.8, 4) is 0 Å². The number of hydrogen-bond donors (Lipinski definition) is 1. The van der Waals surface area contributed by atoms with Crippen LogP contribution in [0.5, 0.6) is 0 Å². The summed E-state index contributed by atoms with van der Waals surface area (Å²) in [6.45, 7) is 3.72.